The van der Waals surface area contributed by atoms with Gasteiger partial charge in [-0.15, -0.1) is 0 Å². The van der Waals surface area contributed by atoms with Crippen molar-refractivity contribution < 1.29 is 95.7 Å². The number of rotatable bonds is 28. The summed E-state index contributed by atoms with van der Waals surface area (Å²) in [5.41, 5.74) is -0.632. The highest BCUT2D eigenvalue weighted by molar-refractivity contribution is 6.41. The molecule has 35 heteroatoms. The Morgan fingerprint density at radius 1 is 0.527 bits per heavy atom. The number of ether oxygens (including phenoxy) is 9. The lowest BCUT2D eigenvalue weighted by atomic mass is 9.97. The van der Waals surface area contributed by atoms with Gasteiger partial charge in [-0.1, -0.05) is 42.9 Å². The molecule has 4 fully saturated rings. The molecule has 4 aliphatic rings. The summed E-state index contributed by atoms with van der Waals surface area (Å²) in [6.07, 6.45) is 8.85. The molecule has 27 nitrogen and oxygen atoms in total. The number of carbonyl (C=O) groups excluding carboxylic acids is 3. The van der Waals surface area contributed by atoms with Crippen molar-refractivity contribution in [1.82, 2.24) is 44.9 Å². The lowest BCUT2D eigenvalue weighted by molar-refractivity contribution is -0.116. The maximum absolute atomic E-state index is 15.3. The quantitative estimate of drug-likeness (QED) is 0.0225. The summed E-state index contributed by atoms with van der Waals surface area (Å²) in [5.74, 6) is -8.68. The second-order valence-corrected chi connectivity index (χ2v) is 26.0. The van der Waals surface area contributed by atoms with Crippen molar-refractivity contribution in [3.63, 3.8) is 0 Å². The fourth-order valence-corrected chi connectivity index (χ4v) is 13.2. The van der Waals surface area contributed by atoms with E-state index in [9.17, 15) is 23.2 Å². The van der Waals surface area contributed by atoms with Gasteiger partial charge in [-0.25, -0.2) is 71.2 Å². The van der Waals surface area contributed by atoms with Gasteiger partial charge < -0.3 is 74.1 Å². The van der Waals surface area contributed by atoms with Gasteiger partial charge in [0, 0.05) is 113 Å². The third-order valence-corrected chi connectivity index (χ3v) is 18.9. The SMILES string of the molecule is C=CC(=O)C[C@H]1COC[C@H]1Nc1ncc2cc(-c3c(F)c(OC)cc(OC)c3F)nc(N3CC(F)(F)C3)c2n1.C=CC(=O)C[C@H]1COC[C@H]1Nc1ncc2cc(-c3c(F)c(OC)cc(OC)c3F)nc(NCC)c2n1.[2H]C([2H])([2H])Nc1nc(-c2c(Cl)c(OC([2H])([2H])[2H])cc(OC([2H])([2H])[2H])c2Cl)cc2cnc(N[C@@H]3COC[C@@H]3CC(=O)C=C)nc12. The number of carbonyl (C=O) groups is 3. The van der Waals surface area contributed by atoms with Gasteiger partial charge in [-0.2, -0.15) is 0 Å². The Morgan fingerprint density at radius 3 is 1.26 bits per heavy atom. The summed E-state index contributed by atoms with van der Waals surface area (Å²) >= 11 is 13.0. The summed E-state index contributed by atoms with van der Waals surface area (Å²) in [7, 11) is -0.972. The summed E-state index contributed by atoms with van der Waals surface area (Å²) in [4.78, 5) is 76.6. The van der Waals surface area contributed by atoms with Crippen LogP contribution in [-0.4, -0.2) is 195 Å². The zero-order valence-electron chi connectivity index (χ0n) is 68.4. The van der Waals surface area contributed by atoms with Crippen LogP contribution in [0.4, 0.5) is 61.6 Å². The minimum Gasteiger partial charge on any atom is -0.495 e. The Morgan fingerprint density at radius 2 is 0.891 bits per heavy atom. The molecule has 0 spiro atoms. The number of nitrogens with zero attached hydrogens (tertiary/aromatic N) is 10. The predicted octanol–water partition coefficient (Wildman–Crippen LogP) is 12.6. The molecule has 580 valence electrons. The largest absolute Gasteiger partial charge is 0.495 e. The average Bonchev–Trinajstić information content (AvgIpc) is 1.48. The molecule has 110 heavy (non-hydrogen) atoms. The maximum Gasteiger partial charge on any atom is 0.282 e. The first-order valence-electron chi connectivity index (χ1n) is 38.1. The first-order chi connectivity index (χ1) is 56.4. The van der Waals surface area contributed by atoms with Crippen molar-refractivity contribution >= 4 is 109 Å². The molecule has 0 amide bonds. The maximum atomic E-state index is 15.3. The van der Waals surface area contributed by atoms with E-state index in [4.69, 9.17) is 78.2 Å². The molecule has 9 aromatic rings. The summed E-state index contributed by atoms with van der Waals surface area (Å²) in [6, 6.07) is 6.63. The van der Waals surface area contributed by atoms with Crippen molar-refractivity contribution in [3.05, 3.63) is 126 Å². The minimum absolute atomic E-state index is 0.0144. The Hall–Kier alpha value is -11.0. The topological polar surface area (TPSA) is 314 Å². The van der Waals surface area contributed by atoms with E-state index in [1.807, 2.05) is 6.92 Å². The highest BCUT2D eigenvalue weighted by Gasteiger charge is 2.46. The van der Waals surface area contributed by atoms with Crippen molar-refractivity contribution in [2.45, 2.75) is 50.2 Å². The van der Waals surface area contributed by atoms with Crippen LogP contribution >= 0.6 is 23.2 Å². The van der Waals surface area contributed by atoms with Gasteiger partial charge in [0.2, 0.25) is 17.8 Å². The lowest BCUT2D eigenvalue weighted by Crippen LogP contribution is -2.56. The van der Waals surface area contributed by atoms with Crippen molar-refractivity contribution in [2.24, 2.45) is 17.8 Å². The summed E-state index contributed by atoms with van der Waals surface area (Å²) < 4.78 is 203. The fraction of sp³-hybridized carbons (Fsp3) is 0.360. The number of methoxy groups -OCH3 is 6. The number of benzene rings is 3. The second kappa shape index (κ2) is 35.1. The number of hydrogen-bond acceptors (Lipinski definition) is 27. The molecule has 4 aliphatic heterocycles. The molecule has 10 heterocycles. The number of alkyl halides is 2. The number of pyridine rings is 3. The summed E-state index contributed by atoms with van der Waals surface area (Å²) in [6.45, 7) is 11.0. The van der Waals surface area contributed by atoms with Gasteiger partial charge in [0.15, 0.2) is 81.1 Å². The zero-order chi connectivity index (χ0) is 86.3. The number of anilines is 6. The lowest BCUT2D eigenvalue weighted by Gasteiger charge is -2.39. The van der Waals surface area contributed by atoms with E-state index in [0.717, 1.165) is 18.2 Å². The van der Waals surface area contributed by atoms with Gasteiger partial charge in [0.05, 0.1) is 160 Å². The molecule has 4 saturated heterocycles. The van der Waals surface area contributed by atoms with E-state index >= 15 is 17.6 Å². The van der Waals surface area contributed by atoms with Crippen LogP contribution in [0.2, 0.25) is 10.0 Å². The number of hydrogen-bond donors (Lipinski definition) is 5. The molecular weight excluding hydrogens is 1490 g/mol. The number of ketones is 3. The van der Waals surface area contributed by atoms with Crippen LogP contribution in [0.3, 0.4) is 0 Å². The number of nitrogens with one attached hydrogen (secondary N) is 5. The molecule has 0 radical (unpaired) electrons. The van der Waals surface area contributed by atoms with Crippen LogP contribution in [0.1, 0.15) is 38.5 Å². The highest BCUT2D eigenvalue weighted by Crippen LogP contribution is 2.48. The fourth-order valence-electron chi connectivity index (χ4n) is 12.5. The summed E-state index contributed by atoms with van der Waals surface area (Å²) in [5, 5.41) is 15.3. The third kappa shape index (κ3) is 17.3. The van der Waals surface area contributed by atoms with E-state index in [1.165, 1.54) is 82.2 Å². The molecular formula is C75H77Cl2F6N15O12. The Labute approximate surface area is 649 Å². The van der Waals surface area contributed by atoms with Crippen LogP contribution in [0.5, 0.6) is 34.5 Å². The second-order valence-electron chi connectivity index (χ2n) is 25.2. The first kappa shape index (κ1) is 68.3. The average molecular weight is 1570 g/mol. The number of fused-ring (bicyclic) bond motifs is 3. The molecule has 0 saturated carbocycles. The molecule has 5 N–H and O–H groups in total. The van der Waals surface area contributed by atoms with E-state index in [1.54, 1.807) is 6.20 Å². The van der Waals surface area contributed by atoms with Crippen molar-refractivity contribution in [3.8, 4) is 68.3 Å². The van der Waals surface area contributed by atoms with Crippen LogP contribution < -0.4 is 59.9 Å². The van der Waals surface area contributed by atoms with Crippen molar-refractivity contribution in [1.29, 1.82) is 0 Å². The van der Waals surface area contributed by atoms with Gasteiger partial charge in [0.25, 0.3) is 5.92 Å². The molecule has 0 unspecified atom stereocenters. The molecule has 0 bridgehead atoms. The van der Waals surface area contributed by atoms with Crippen LogP contribution in [-0.2, 0) is 28.6 Å². The third-order valence-electron chi connectivity index (χ3n) is 18.2. The Kier molecular flexibility index (Phi) is 21.8. The minimum atomic E-state index is -2.99. The number of allylic oxidation sites excluding steroid dienone is 3. The van der Waals surface area contributed by atoms with Gasteiger partial charge >= 0.3 is 0 Å². The predicted molar refractivity (Wildman–Crippen MR) is 403 cm³/mol. The molecule has 13 rings (SSSR count). The van der Waals surface area contributed by atoms with Gasteiger partial charge in [0.1, 0.15) is 28.0 Å². The highest BCUT2D eigenvalue weighted by atomic mass is 35.5. The van der Waals surface area contributed by atoms with Crippen LogP contribution in [0.25, 0.3) is 66.5 Å². The van der Waals surface area contributed by atoms with Crippen molar-refractivity contribution in [2.75, 3.05) is 140 Å². The number of halogens is 8. The molecule has 6 atom stereocenters. The van der Waals surface area contributed by atoms with Crippen LogP contribution in [0.15, 0.2) is 93.0 Å². The standard InChI is InChI=1S/C26H25F4N5O4.C25H27F2N5O4.C24H25Cl2N5O4/c1-4-15(36)5-14-9-39-10-17(14)33-25-31-8-13-6-16(20-21(27)18(37-2)7-19(38-3)22(20)28)32-24(23(13)34-25)35-11-26(29,30)12-35;1-5-15(33)7-14-11-36-12-17(14)31-25-29-10-13-8-16(30-24(28-6-2)23(13)32-25)20-21(26)18(34-3)9-19(35-4)22(20)27;1-5-14(32)6-13-10-35-11-16(13)30-24-28-9-12-7-15(29-23(27-2)22(12)31-24)19-20(25)17(33-3)8-18(34-4)21(19)26/h4,6-8,14,17H,1,5,9-12H2,2-3H3,(H,31,33,34);5,8-10,14,17H,1,6-7,11-12H2,2-4H3,(H,28,30)(H,29,31,32);5,7-9,13,16H,1,6,10-11H2,2-4H3,(H,27,29)(H,28,30,31)/t2*14-,17+;13-,16+/m000/s1/i;;2D3,3D3,4D3. The molecule has 6 aromatic heterocycles. The normalized spacial score (nSPS) is 19.8. The van der Waals surface area contributed by atoms with E-state index in [0.29, 0.717) is 74.1 Å². The van der Waals surface area contributed by atoms with Crippen LogP contribution in [0, 0.1) is 41.0 Å². The Bertz CT molecular complexity index is 5280. The van der Waals surface area contributed by atoms with E-state index in [2.05, 4.69) is 91.2 Å². The monoisotopic (exact) mass is 1570 g/mol. The smallest absolute Gasteiger partial charge is 0.282 e. The number of aromatic nitrogens is 9. The Balaban J connectivity index is 0.000000176. The zero-order valence-corrected chi connectivity index (χ0v) is 60.9. The van der Waals surface area contributed by atoms with Gasteiger partial charge in [-0.3, -0.25) is 14.4 Å². The first-order valence-corrected chi connectivity index (χ1v) is 34.4. The van der Waals surface area contributed by atoms with Gasteiger partial charge in [-0.05, 0) is 43.4 Å². The molecule has 3 aromatic carbocycles. The van der Waals surface area contributed by atoms with E-state index in [-0.39, 0.29) is 174 Å². The van der Waals surface area contributed by atoms with E-state index < -0.39 is 80.4 Å². The molecule has 0 aliphatic carbocycles.